The molecule has 8 heteroatoms. The third kappa shape index (κ3) is 15.1. The zero-order chi connectivity index (χ0) is 76.5. The number of para-hydroxylation sites is 2. The van der Waals surface area contributed by atoms with Gasteiger partial charge in [-0.05, 0) is 215 Å². The number of benzene rings is 8. The summed E-state index contributed by atoms with van der Waals surface area (Å²) in [4.78, 5) is 22.2. The van der Waals surface area contributed by atoms with Crippen molar-refractivity contribution < 1.29 is 10.2 Å². The minimum Gasteiger partial charge on any atom is -0.507 e. The standard InChI is InChI=1S/C98H120N6O2/c1-91(2,3)67-47-68(92(4,5)6)50-73(49-67)103-83-39-31-37-75(85(83)101-89(103)77-53-71(95(13,14)15)55-79(87(77)105)97(19,20)21)63-41-61(59-33-27-25-28-34-59)43-65(45-63)81-57-82(100-58-99-81)66-44-62(60-35-29-26-30-36-60)42-64(46-66)76-38-32-40-84-86(76)102-90(78-54-72(96(16,17)18)56-80(88(78)106)98(22,23)24)104(84)74-51-69(93(7,8)9)48-70(52-74)94(10,11)12/h31-32,37-60,105-106H,25-30,33-36H2,1-24H3. The Balaban J connectivity index is 1.03. The van der Waals surface area contributed by atoms with Gasteiger partial charge in [0.2, 0.25) is 0 Å². The molecule has 3 aromatic heterocycles. The van der Waals surface area contributed by atoms with Gasteiger partial charge in [0.05, 0.1) is 44.6 Å². The van der Waals surface area contributed by atoms with Crippen molar-refractivity contribution >= 4 is 22.1 Å². The lowest BCUT2D eigenvalue weighted by Crippen LogP contribution is -2.18. The number of aromatic nitrogens is 6. The fourth-order valence-electron chi connectivity index (χ4n) is 16.3. The Morgan fingerprint density at radius 1 is 0.311 bits per heavy atom. The number of phenolic OH excluding ortho intramolecular Hbond substituents is 2. The molecular weight excluding hydrogens is 1290 g/mol. The number of rotatable bonds is 10. The molecule has 106 heavy (non-hydrogen) atoms. The molecule has 0 amide bonds. The van der Waals surface area contributed by atoms with Crippen LogP contribution in [0.25, 0.3) is 101 Å². The maximum Gasteiger partial charge on any atom is 0.149 e. The highest BCUT2D eigenvalue weighted by Crippen LogP contribution is 2.50. The Morgan fingerprint density at radius 3 is 0.934 bits per heavy atom. The van der Waals surface area contributed by atoms with Crippen molar-refractivity contribution in [2.24, 2.45) is 0 Å². The molecule has 2 aliphatic carbocycles. The van der Waals surface area contributed by atoms with Crippen LogP contribution in [0, 0.1) is 0 Å². The van der Waals surface area contributed by atoms with Crippen LogP contribution in [-0.4, -0.2) is 39.3 Å². The van der Waals surface area contributed by atoms with E-state index in [0.717, 1.165) is 137 Å². The van der Waals surface area contributed by atoms with Crippen molar-refractivity contribution in [2.75, 3.05) is 0 Å². The molecule has 11 aromatic rings. The molecule has 0 unspecified atom stereocenters. The highest BCUT2D eigenvalue weighted by molar-refractivity contribution is 5.99. The Labute approximate surface area is 635 Å². The molecule has 2 saturated carbocycles. The minimum atomic E-state index is -0.352. The lowest BCUT2D eigenvalue weighted by atomic mass is 9.78. The first-order valence-electron chi connectivity index (χ1n) is 39.7. The van der Waals surface area contributed by atoms with Crippen LogP contribution >= 0.6 is 0 Å². The van der Waals surface area contributed by atoms with Gasteiger partial charge in [0, 0.05) is 44.8 Å². The molecule has 13 rings (SSSR count). The molecule has 2 N–H and O–H groups in total. The molecular formula is C98H120N6O2. The quantitative estimate of drug-likeness (QED) is 0.141. The fourth-order valence-corrected chi connectivity index (χ4v) is 16.3. The normalized spacial score (nSPS) is 15.2. The molecule has 554 valence electrons. The zero-order valence-electron chi connectivity index (χ0n) is 68.7. The molecule has 8 aromatic carbocycles. The van der Waals surface area contributed by atoms with Gasteiger partial charge in [-0.2, -0.15) is 0 Å². The van der Waals surface area contributed by atoms with Gasteiger partial charge in [-0.3, -0.25) is 9.13 Å². The SMILES string of the molecule is CC(C)(C)c1cc(-n2c(-c3cc(C(C)(C)C)cc(C(C)(C)C)c3O)nc3c(-c4cc(-c5cc(-c6cc(-c7cccc8c7nc(-c7cc(C(C)(C)C)cc(C(C)(C)C)c7O)n8-c7cc(C(C)(C)C)cc(C(C)(C)C)c7)cc(C7CCCCC7)c6)ncn5)cc(C5CCCCC5)c4)cccc32)cc(C(C)(C)C)c1. The van der Waals surface area contributed by atoms with Crippen LogP contribution in [0.4, 0.5) is 0 Å². The summed E-state index contributed by atoms with van der Waals surface area (Å²) in [6.07, 6.45) is 13.6. The van der Waals surface area contributed by atoms with Crippen LogP contribution in [0.1, 0.15) is 298 Å². The van der Waals surface area contributed by atoms with Crippen LogP contribution in [0.3, 0.4) is 0 Å². The third-order valence-electron chi connectivity index (χ3n) is 23.2. The molecule has 0 saturated heterocycles. The van der Waals surface area contributed by atoms with Crippen molar-refractivity contribution in [3.8, 4) is 90.4 Å². The van der Waals surface area contributed by atoms with Crippen molar-refractivity contribution in [2.45, 2.75) is 286 Å². The van der Waals surface area contributed by atoms with Crippen LogP contribution in [0.5, 0.6) is 11.5 Å². The van der Waals surface area contributed by atoms with E-state index in [-0.39, 0.29) is 54.8 Å². The molecule has 0 atom stereocenters. The summed E-state index contributed by atoms with van der Waals surface area (Å²) in [6, 6.07) is 53.0. The molecule has 0 spiro atoms. The fraction of sp³-hybridized carbons (Fsp3) is 0.449. The van der Waals surface area contributed by atoms with Gasteiger partial charge < -0.3 is 10.2 Å². The molecule has 2 aliphatic rings. The topological polar surface area (TPSA) is 102 Å². The largest absolute Gasteiger partial charge is 0.507 e. The molecule has 8 nitrogen and oxygen atoms in total. The number of nitrogens with zero attached hydrogens (tertiary/aromatic N) is 6. The average molecular weight is 1410 g/mol. The summed E-state index contributed by atoms with van der Waals surface area (Å²) in [5, 5.41) is 25.8. The molecule has 2 fully saturated rings. The number of imidazole rings is 2. The van der Waals surface area contributed by atoms with Gasteiger partial charge in [0.1, 0.15) is 29.5 Å². The van der Waals surface area contributed by atoms with Gasteiger partial charge in [-0.1, -0.05) is 265 Å². The summed E-state index contributed by atoms with van der Waals surface area (Å²) in [5.41, 5.74) is 25.3. The summed E-state index contributed by atoms with van der Waals surface area (Å²) in [5.74, 6) is 2.74. The van der Waals surface area contributed by atoms with Crippen molar-refractivity contribution in [3.05, 3.63) is 201 Å². The monoisotopic (exact) mass is 1410 g/mol. The first-order chi connectivity index (χ1) is 49.4. The van der Waals surface area contributed by atoms with E-state index in [4.69, 9.17) is 19.9 Å². The van der Waals surface area contributed by atoms with Crippen molar-refractivity contribution in [1.82, 2.24) is 29.1 Å². The summed E-state index contributed by atoms with van der Waals surface area (Å²) < 4.78 is 4.68. The van der Waals surface area contributed by atoms with E-state index in [2.05, 4.69) is 315 Å². The predicted molar refractivity (Wildman–Crippen MR) is 448 cm³/mol. The van der Waals surface area contributed by atoms with E-state index in [1.54, 1.807) is 6.33 Å². The van der Waals surface area contributed by atoms with Gasteiger partial charge in [0.25, 0.3) is 0 Å². The number of hydrogen-bond donors (Lipinski definition) is 2. The first-order valence-corrected chi connectivity index (χ1v) is 39.7. The Kier molecular flexibility index (Phi) is 19.4. The lowest BCUT2D eigenvalue weighted by molar-refractivity contribution is 0.444. The van der Waals surface area contributed by atoms with E-state index in [1.807, 2.05) is 0 Å². The second-order valence-electron chi connectivity index (χ2n) is 39.9. The molecule has 0 bridgehead atoms. The smallest absolute Gasteiger partial charge is 0.149 e. The Hall–Kier alpha value is -8.62. The second kappa shape index (κ2) is 27.2. The Morgan fingerprint density at radius 2 is 0.623 bits per heavy atom. The maximum absolute atomic E-state index is 12.9. The second-order valence-corrected chi connectivity index (χ2v) is 39.9. The van der Waals surface area contributed by atoms with E-state index < -0.39 is 0 Å². The highest BCUT2D eigenvalue weighted by atomic mass is 16.3. The number of aromatic hydroxyl groups is 2. The summed E-state index contributed by atoms with van der Waals surface area (Å²) >= 11 is 0. The Bertz CT molecular complexity index is 4790. The van der Waals surface area contributed by atoms with Gasteiger partial charge in [0.15, 0.2) is 0 Å². The van der Waals surface area contributed by atoms with Gasteiger partial charge >= 0.3 is 0 Å². The van der Waals surface area contributed by atoms with E-state index >= 15 is 0 Å². The summed E-state index contributed by atoms with van der Waals surface area (Å²) in [7, 11) is 0. The number of hydrogen-bond acceptors (Lipinski definition) is 6. The molecule has 0 aliphatic heterocycles. The molecule has 3 heterocycles. The summed E-state index contributed by atoms with van der Waals surface area (Å²) in [6.45, 7) is 54.3. The maximum atomic E-state index is 12.9. The third-order valence-corrected chi connectivity index (χ3v) is 23.2. The minimum absolute atomic E-state index is 0.145. The van der Waals surface area contributed by atoms with E-state index in [0.29, 0.717) is 23.5 Å². The average Bonchev–Trinajstić information content (AvgIpc) is 1.56. The van der Waals surface area contributed by atoms with E-state index in [1.165, 1.54) is 71.9 Å². The van der Waals surface area contributed by atoms with Crippen LogP contribution in [0.15, 0.2) is 146 Å². The first kappa shape index (κ1) is 75.6. The highest BCUT2D eigenvalue weighted by Gasteiger charge is 2.34. The lowest BCUT2D eigenvalue weighted by Gasteiger charge is -2.28. The zero-order valence-corrected chi connectivity index (χ0v) is 68.7. The van der Waals surface area contributed by atoms with Gasteiger partial charge in [-0.25, -0.2) is 19.9 Å². The van der Waals surface area contributed by atoms with Crippen molar-refractivity contribution in [3.63, 3.8) is 0 Å². The van der Waals surface area contributed by atoms with Crippen molar-refractivity contribution in [1.29, 1.82) is 0 Å². The van der Waals surface area contributed by atoms with Crippen LogP contribution in [-0.2, 0) is 43.3 Å². The number of phenols is 2. The van der Waals surface area contributed by atoms with E-state index in [9.17, 15) is 10.2 Å². The number of fused-ring (bicyclic) bond motifs is 2. The van der Waals surface area contributed by atoms with Crippen LogP contribution in [0.2, 0.25) is 0 Å². The predicted octanol–water partition coefficient (Wildman–Crippen LogP) is 27.0. The van der Waals surface area contributed by atoms with Crippen LogP contribution < -0.4 is 0 Å². The van der Waals surface area contributed by atoms with Gasteiger partial charge in [-0.15, -0.1) is 0 Å². The molecule has 0 radical (unpaired) electrons.